The van der Waals surface area contributed by atoms with Crippen LogP contribution in [0.3, 0.4) is 0 Å². The van der Waals surface area contributed by atoms with Gasteiger partial charge in [-0.25, -0.2) is 0 Å². The zero-order chi connectivity index (χ0) is 21.0. The molecule has 3 atom stereocenters. The lowest BCUT2D eigenvalue weighted by molar-refractivity contribution is -0.716. The maximum Gasteiger partial charge on any atom is 0.292 e. The summed E-state index contributed by atoms with van der Waals surface area (Å²) in [7, 11) is 0. The van der Waals surface area contributed by atoms with E-state index in [2.05, 4.69) is 36.3 Å². The van der Waals surface area contributed by atoms with Crippen LogP contribution in [0, 0.1) is 33.3 Å². The van der Waals surface area contributed by atoms with Gasteiger partial charge in [0.2, 0.25) is 0 Å². The Hall–Kier alpha value is -1.82. The van der Waals surface area contributed by atoms with Crippen LogP contribution in [0.5, 0.6) is 0 Å². The summed E-state index contributed by atoms with van der Waals surface area (Å²) >= 11 is 0. The predicted octanol–water partition coefficient (Wildman–Crippen LogP) is 3.77. The van der Waals surface area contributed by atoms with Gasteiger partial charge in [0.05, 0.1) is 18.0 Å². The van der Waals surface area contributed by atoms with Crippen LogP contribution in [0.15, 0.2) is 18.2 Å². The number of quaternary nitrogens is 1. The zero-order valence-electron chi connectivity index (χ0n) is 18.6. The number of benzene rings is 1. The molecule has 5 fully saturated rings. The number of piperazine rings is 1. The average molecular weight is 414 g/mol. The van der Waals surface area contributed by atoms with Crippen LogP contribution in [0.1, 0.15) is 59.3 Å². The number of rotatable bonds is 5. The molecule has 164 valence electrons. The molecule has 0 spiro atoms. The Morgan fingerprint density at radius 1 is 1.10 bits per heavy atom. The molecule has 0 radical (unpaired) electrons. The van der Waals surface area contributed by atoms with Gasteiger partial charge in [-0.1, -0.05) is 0 Å². The maximum atomic E-state index is 11.8. The SMILES string of the molecule is C[C@H](Nc1cc(N2C[C@H](C)[NH2+][C@@H](C)C2)ccc1[N+](=O)[O-])C12CC3CC(CC(C3)C1)C2. The van der Waals surface area contributed by atoms with Gasteiger partial charge >= 0.3 is 0 Å². The molecule has 5 aliphatic rings. The number of hydrogen-bond donors (Lipinski definition) is 2. The van der Waals surface area contributed by atoms with Gasteiger partial charge in [0, 0.05) is 17.8 Å². The molecule has 0 aromatic heterocycles. The average Bonchev–Trinajstić information content (AvgIpc) is 2.66. The topological polar surface area (TPSA) is 75.0 Å². The number of nitrogens with one attached hydrogen (secondary N) is 1. The summed E-state index contributed by atoms with van der Waals surface area (Å²) in [5, 5.41) is 17.9. The van der Waals surface area contributed by atoms with Gasteiger partial charge in [0.1, 0.15) is 17.8 Å². The Labute approximate surface area is 179 Å². The first-order valence-electron chi connectivity index (χ1n) is 12.0. The maximum absolute atomic E-state index is 11.8. The molecule has 1 heterocycles. The number of nitrogens with zero attached hydrogens (tertiary/aromatic N) is 2. The highest BCUT2D eigenvalue weighted by Crippen LogP contribution is 2.61. The molecule has 6 rings (SSSR count). The van der Waals surface area contributed by atoms with Crippen molar-refractivity contribution in [3.8, 4) is 0 Å². The van der Waals surface area contributed by atoms with Crippen LogP contribution in [0.25, 0.3) is 0 Å². The third-order valence-electron chi connectivity index (χ3n) is 8.59. The highest BCUT2D eigenvalue weighted by atomic mass is 16.6. The molecule has 1 saturated heterocycles. The molecule has 0 amide bonds. The molecule has 30 heavy (non-hydrogen) atoms. The van der Waals surface area contributed by atoms with Crippen LogP contribution in [-0.4, -0.2) is 36.1 Å². The Bertz CT molecular complexity index is 780. The zero-order valence-corrected chi connectivity index (χ0v) is 18.6. The van der Waals surface area contributed by atoms with E-state index in [9.17, 15) is 10.1 Å². The first kappa shape index (κ1) is 20.1. The summed E-state index contributed by atoms with van der Waals surface area (Å²) in [4.78, 5) is 13.9. The molecular formula is C24H37N4O2+. The highest BCUT2D eigenvalue weighted by molar-refractivity contribution is 5.69. The summed E-state index contributed by atoms with van der Waals surface area (Å²) in [5.41, 5.74) is 2.34. The van der Waals surface area contributed by atoms with Gasteiger partial charge in [0.15, 0.2) is 0 Å². The van der Waals surface area contributed by atoms with Gasteiger partial charge in [-0.2, -0.15) is 0 Å². The molecule has 4 saturated carbocycles. The number of anilines is 2. The van der Waals surface area contributed by atoms with Crippen LogP contribution >= 0.6 is 0 Å². The smallest absolute Gasteiger partial charge is 0.292 e. The van der Waals surface area contributed by atoms with Crippen molar-refractivity contribution < 1.29 is 10.2 Å². The van der Waals surface area contributed by atoms with Crippen molar-refractivity contribution in [3.63, 3.8) is 0 Å². The minimum absolute atomic E-state index is 0.208. The summed E-state index contributed by atoms with van der Waals surface area (Å²) in [6.07, 6.45) is 8.17. The summed E-state index contributed by atoms with van der Waals surface area (Å²) in [6.45, 7) is 8.74. The molecular weight excluding hydrogens is 376 g/mol. The second-order valence-corrected chi connectivity index (χ2v) is 11.2. The van der Waals surface area contributed by atoms with Gasteiger partial charge < -0.3 is 15.5 Å². The predicted molar refractivity (Wildman–Crippen MR) is 120 cm³/mol. The molecule has 0 unspecified atom stereocenters. The van der Waals surface area contributed by atoms with Gasteiger partial charge in [-0.05, 0) is 94.6 Å². The van der Waals surface area contributed by atoms with Gasteiger partial charge in [-0.15, -0.1) is 0 Å². The molecule has 4 aliphatic carbocycles. The Kier molecular flexibility index (Phi) is 4.96. The van der Waals surface area contributed by atoms with Crippen LogP contribution < -0.4 is 15.5 Å². The van der Waals surface area contributed by atoms with E-state index in [4.69, 9.17) is 0 Å². The third-order valence-corrected chi connectivity index (χ3v) is 8.59. The van der Waals surface area contributed by atoms with E-state index < -0.39 is 0 Å². The van der Waals surface area contributed by atoms with E-state index in [0.717, 1.165) is 36.5 Å². The quantitative estimate of drug-likeness (QED) is 0.569. The minimum Gasteiger partial charge on any atom is -0.376 e. The molecule has 6 nitrogen and oxygen atoms in total. The van der Waals surface area contributed by atoms with E-state index in [1.807, 2.05) is 12.1 Å². The standard InChI is InChI=1S/C24H36N4O2/c1-15-13-27(14-16(2)25-15)21-4-5-23(28(29)30)22(9-21)26-17(3)24-10-18-6-19(11-24)8-20(7-18)12-24/h4-5,9,15-20,25-26H,6-8,10-14H2,1-3H3/p+1/t15-,16-,17-,18?,19?,20?,24?/m0/s1. The number of nitro groups is 1. The monoisotopic (exact) mass is 413 g/mol. The van der Waals surface area contributed by atoms with E-state index in [1.165, 1.54) is 38.5 Å². The van der Waals surface area contributed by atoms with Crippen molar-refractivity contribution in [1.29, 1.82) is 0 Å². The van der Waals surface area contributed by atoms with Crippen molar-refractivity contribution in [3.05, 3.63) is 28.3 Å². The van der Waals surface area contributed by atoms with Gasteiger partial charge in [0.25, 0.3) is 5.69 Å². The van der Waals surface area contributed by atoms with E-state index >= 15 is 0 Å². The fourth-order valence-electron chi connectivity index (χ4n) is 7.75. The van der Waals surface area contributed by atoms with Crippen molar-refractivity contribution in [2.45, 2.75) is 77.4 Å². The minimum atomic E-state index is -0.228. The molecule has 1 aromatic carbocycles. The van der Waals surface area contributed by atoms with E-state index in [-0.39, 0.29) is 16.7 Å². The summed E-state index contributed by atoms with van der Waals surface area (Å²) in [5.74, 6) is 2.65. The van der Waals surface area contributed by atoms with Crippen molar-refractivity contribution in [2.75, 3.05) is 23.3 Å². The molecule has 1 aliphatic heterocycles. The molecule has 1 aromatic rings. The fourth-order valence-corrected chi connectivity index (χ4v) is 7.75. The number of nitrogens with two attached hydrogens (primary N) is 1. The number of nitro benzene ring substituents is 1. The normalized spacial score (nSPS) is 38.5. The van der Waals surface area contributed by atoms with Crippen LogP contribution in [-0.2, 0) is 0 Å². The van der Waals surface area contributed by atoms with Gasteiger partial charge in [-0.3, -0.25) is 10.1 Å². The Morgan fingerprint density at radius 2 is 1.67 bits per heavy atom. The molecule has 3 N–H and O–H groups in total. The van der Waals surface area contributed by atoms with Crippen molar-refractivity contribution in [2.24, 2.45) is 23.2 Å². The molecule has 4 bridgehead atoms. The second-order valence-electron chi connectivity index (χ2n) is 11.2. The van der Waals surface area contributed by atoms with Crippen LogP contribution in [0.4, 0.5) is 17.1 Å². The van der Waals surface area contributed by atoms with E-state index in [1.54, 1.807) is 6.07 Å². The first-order chi connectivity index (χ1) is 14.3. The highest BCUT2D eigenvalue weighted by Gasteiger charge is 2.53. The van der Waals surface area contributed by atoms with Crippen molar-refractivity contribution in [1.82, 2.24) is 0 Å². The van der Waals surface area contributed by atoms with Crippen LogP contribution in [0.2, 0.25) is 0 Å². The largest absolute Gasteiger partial charge is 0.376 e. The fraction of sp³-hybridized carbons (Fsp3) is 0.750. The lowest BCUT2D eigenvalue weighted by atomic mass is 9.48. The first-order valence-corrected chi connectivity index (χ1v) is 12.0. The Morgan fingerprint density at radius 3 is 2.20 bits per heavy atom. The second kappa shape index (κ2) is 7.40. The number of hydrogen-bond acceptors (Lipinski definition) is 4. The van der Waals surface area contributed by atoms with Crippen molar-refractivity contribution >= 4 is 17.1 Å². The Balaban J connectivity index is 1.41. The molecule has 6 heteroatoms. The lowest BCUT2D eigenvalue weighted by Crippen LogP contribution is -2.99. The summed E-state index contributed by atoms with van der Waals surface area (Å²) in [6, 6.07) is 7.02. The lowest BCUT2D eigenvalue weighted by Gasteiger charge is -2.59. The summed E-state index contributed by atoms with van der Waals surface area (Å²) < 4.78 is 0. The van der Waals surface area contributed by atoms with E-state index in [0.29, 0.717) is 23.2 Å². The third kappa shape index (κ3) is 3.57.